The lowest BCUT2D eigenvalue weighted by atomic mass is 10.2. The minimum atomic E-state index is -0.116. The van der Waals surface area contributed by atoms with Crippen LogP contribution < -0.4 is 11.1 Å². The van der Waals surface area contributed by atoms with E-state index in [1.807, 2.05) is 0 Å². The van der Waals surface area contributed by atoms with E-state index in [0.29, 0.717) is 11.3 Å². The summed E-state index contributed by atoms with van der Waals surface area (Å²) in [5.74, 6) is -0.116. The number of hydrogen-bond donors (Lipinski definition) is 2. The molecule has 0 radical (unpaired) electrons. The summed E-state index contributed by atoms with van der Waals surface area (Å²) in [6.07, 6.45) is 0. The highest BCUT2D eigenvalue weighted by molar-refractivity contribution is 5.93. The maximum atomic E-state index is 10.7. The first kappa shape index (κ1) is 8.01. The third-order valence-electron chi connectivity index (χ3n) is 1.16. The first-order chi connectivity index (χ1) is 4.09. The Balaban J connectivity index is 4.21. The highest BCUT2D eigenvalue weighted by Gasteiger charge is 2.00. The van der Waals surface area contributed by atoms with E-state index in [-0.39, 0.29) is 5.91 Å². The molecule has 52 valence electrons. The lowest BCUT2D eigenvalue weighted by Crippen LogP contribution is -2.20. The molecular formula is C6H12N2O. The van der Waals surface area contributed by atoms with Gasteiger partial charge < -0.3 is 11.1 Å². The summed E-state index contributed by atoms with van der Waals surface area (Å²) in [5.41, 5.74) is 6.48. The lowest BCUT2D eigenvalue weighted by Gasteiger charge is -1.99. The second-order valence-corrected chi connectivity index (χ2v) is 1.89. The Labute approximate surface area is 54.9 Å². The summed E-state index contributed by atoms with van der Waals surface area (Å²) >= 11 is 0. The molecule has 0 rings (SSSR count). The fraction of sp³-hybridized carbons (Fsp3) is 0.500. The molecule has 0 heterocycles. The molecule has 0 spiro atoms. The number of nitrogens with two attached hydrogens (primary N) is 1. The van der Waals surface area contributed by atoms with E-state index in [9.17, 15) is 4.79 Å². The Morgan fingerprint density at radius 1 is 1.44 bits per heavy atom. The Morgan fingerprint density at radius 3 is 2.00 bits per heavy atom. The Bertz CT molecular complexity index is 145. The van der Waals surface area contributed by atoms with Crippen LogP contribution in [0.5, 0.6) is 0 Å². The maximum Gasteiger partial charge on any atom is 0.248 e. The number of carbonyl (C=O) groups is 1. The lowest BCUT2D eigenvalue weighted by molar-refractivity contribution is -0.117. The van der Waals surface area contributed by atoms with E-state index < -0.39 is 0 Å². The number of allylic oxidation sites excluding steroid dienone is 1. The van der Waals surface area contributed by atoms with Gasteiger partial charge in [-0.1, -0.05) is 0 Å². The number of nitrogens with one attached hydrogen (secondary N) is 1. The van der Waals surface area contributed by atoms with Crippen LogP contribution in [0.1, 0.15) is 13.8 Å². The largest absolute Gasteiger partial charge is 0.402 e. The van der Waals surface area contributed by atoms with Crippen LogP contribution in [-0.4, -0.2) is 13.0 Å². The van der Waals surface area contributed by atoms with Crippen LogP contribution in [0.15, 0.2) is 11.3 Å². The number of likely N-dealkylation sites (N-methyl/N-ethyl adjacent to an activating group) is 1. The summed E-state index contributed by atoms with van der Waals surface area (Å²) < 4.78 is 0. The Kier molecular flexibility index (Phi) is 2.78. The zero-order valence-electron chi connectivity index (χ0n) is 5.99. The standard InChI is InChI=1S/C6H12N2O/c1-4(5(2)7)6(9)8-3/h7H2,1-3H3,(H,8,9). The topological polar surface area (TPSA) is 55.1 Å². The molecule has 0 unspecified atom stereocenters. The van der Waals surface area contributed by atoms with Gasteiger partial charge in [-0.3, -0.25) is 4.79 Å². The molecule has 0 bridgehead atoms. The van der Waals surface area contributed by atoms with Gasteiger partial charge >= 0.3 is 0 Å². The fourth-order valence-electron chi connectivity index (χ4n) is 0.367. The van der Waals surface area contributed by atoms with Crippen molar-refractivity contribution in [1.29, 1.82) is 0 Å². The average Bonchev–Trinajstić information content (AvgIpc) is 1.84. The smallest absolute Gasteiger partial charge is 0.248 e. The van der Waals surface area contributed by atoms with Crippen molar-refractivity contribution in [2.45, 2.75) is 13.8 Å². The van der Waals surface area contributed by atoms with Gasteiger partial charge in [0.25, 0.3) is 0 Å². The average molecular weight is 128 g/mol. The normalized spacial score (nSPS) is 12.3. The van der Waals surface area contributed by atoms with E-state index in [2.05, 4.69) is 5.32 Å². The van der Waals surface area contributed by atoms with Crippen LogP contribution in [0.4, 0.5) is 0 Å². The second kappa shape index (κ2) is 3.12. The molecule has 3 nitrogen and oxygen atoms in total. The van der Waals surface area contributed by atoms with E-state index in [0.717, 1.165) is 0 Å². The minimum Gasteiger partial charge on any atom is -0.402 e. The van der Waals surface area contributed by atoms with Crippen LogP contribution >= 0.6 is 0 Å². The van der Waals surface area contributed by atoms with Crippen LogP contribution in [0, 0.1) is 0 Å². The molecule has 3 N–H and O–H groups in total. The van der Waals surface area contributed by atoms with E-state index in [1.54, 1.807) is 20.9 Å². The molecule has 0 atom stereocenters. The molecule has 0 aromatic heterocycles. The first-order valence-electron chi connectivity index (χ1n) is 2.74. The molecular weight excluding hydrogens is 116 g/mol. The van der Waals surface area contributed by atoms with Crippen molar-refractivity contribution in [3.05, 3.63) is 11.3 Å². The third-order valence-corrected chi connectivity index (χ3v) is 1.16. The zero-order valence-corrected chi connectivity index (χ0v) is 5.99. The highest BCUT2D eigenvalue weighted by Crippen LogP contribution is 1.94. The van der Waals surface area contributed by atoms with Gasteiger partial charge in [0.05, 0.1) is 0 Å². The molecule has 0 saturated carbocycles. The van der Waals surface area contributed by atoms with E-state index in [4.69, 9.17) is 5.73 Å². The Hall–Kier alpha value is -0.990. The molecule has 1 amide bonds. The van der Waals surface area contributed by atoms with Gasteiger partial charge in [-0.2, -0.15) is 0 Å². The summed E-state index contributed by atoms with van der Waals surface area (Å²) in [5, 5.41) is 2.47. The summed E-state index contributed by atoms with van der Waals surface area (Å²) in [7, 11) is 1.58. The van der Waals surface area contributed by atoms with Gasteiger partial charge in [0, 0.05) is 18.3 Å². The molecule has 0 fully saturated rings. The third kappa shape index (κ3) is 2.17. The van der Waals surface area contributed by atoms with Crippen molar-refractivity contribution in [2.24, 2.45) is 5.73 Å². The number of hydrogen-bond acceptors (Lipinski definition) is 2. The zero-order chi connectivity index (χ0) is 7.44. The molecule has 0 aromatic carbocycles. The van der Waals surface area contributed by atoms with Crippen LogP contribution in [0.25, 0.3) is 0 Å². The van der Waals surface area contributed by atoms with Crippen molar-refractivity contribution < 1.29 is 4.79 Å². The van der Waals surface area contributed by atoms with Gasteiger partial charge in [-0.25, -0.2) is 0 Å². The summed E-state index contributed by atoms with van der Waals surface area (Å²) in [4.78, 5) is 10.7. The number of carbonyl (C=O) groups excluding carboxylic acids is 1. The highest BCUT2D eigenvalue weighted by atomic mass is 16.1. The molecule has 0 aliphatic carbocycles. The van der Waals surface area contributed by atoms with Crippen molar-refractivity contribution in [3.8, 4) is 0 Å². The molecule has 0 aliphatic rings. The van der Waals surface area contributed by atoms with Crippen LogP contribution in [0.3, 0.4) is 0 Å². The van der Waals surface area contributed by atoms with E-state index in [1.165, 1.54) is 0 Å². The van der Waals surface area contributed by atoms with Crippen LogP contribution in [0.2, 0.25) is 0 Å². The van der Waals surface area contributed by atoms with Gasteiger partial charge in [0.1, 0.15) is 0 Å². The van der Waals surface area contributed by atoms with Crippen molar-refractivity contribution in [2.75, 3.05) is 7.05 Å². The monoisotopic (exact) mass is 128 g/mol. The first-order valence-corrected chi connectivity index (χ1v) is 2.74. The maximum absolute atomic E-state index is 10.7. The molecule has 0 aliphatic heterocycles. The number of amides is 1. The van der Waals surface area contributed by atoms with Gasteiger partial charge in [0.2, 0.25) is 5.91 Å². The SMILES string of the molecule is CNC(=O)C(C)=C(C)N. The molecule has 0 saturated heterocycles. The van der Waals surface area contributed by atoms with Crippen molar-refractivity contribution in [1.82, 2.24) is 5.32 Å². The Morgan fingerprint density at radius 2 is 1.89 bits per heavy atom. The van der Waals surface area contributed by atoms with Gasteiger partial charge in [-0.05, 0) is 13.8 Å². The predicted molar refractivity (Wildman–Crippen MR) is 36.6 cm³/mol. The van der Waals surface area contributed by atoms with Crippen molar-refractivity contribution >= 4 is 5.91 Å². The summed E-state index contributed by atoms with van der Waals surface area (Å²) in [6, 6.07) is 0. The van der Waals surface area contributed by atoms with E-state index >= 15 is 0 Å². The second-order valence-electron chi connectivity index (χ2n) is 1.89. The minimum absolute atomic E-state index is 0.116. The quantitative estimate of drug-likeness (QED) is 0.488. The number of rotatable bonds is 1. The van der Waals surface area contributed by atoms with Crippen molar-refractivity contribution in [3.63, 3.8) is 0 Å². The fourth-order valence-corrected chi connectivity index (χ4v) is 0.367. The molecule has 9 heavy (non-hydrogen) atoms. The predicted octanol–water partition coefficient (Wildman–Crippen LogP) is -0.0150. The van der Waals surface area contributed by atoms with Gasteiger partial charge in [-0.15, -0.1) is 0 Å². The molecule has 0 aromatic rings. The van der Waals surface area contributed by atoms with Crippen LogP contribution in [-0.2, 0) is 4.79 Å². The van der Waals surface area contributed by atoms with Gasteiger partial charge in [0.15, 0.2) is 0 Å². The summed E-state index contributed by atoms with van der Waals surface area (Å²) in [6.45, 7) is 3.39. The molecule has 3 heteroatoms.